The third-order valence-electron chi connectivity index (χ3n) is 7.66. The molecule has 47 heavy (non-hydrogen) atoms. The minimum atomic E-state index is -4.33. The van der Waals surface area contributed by atoms with Crippen molar-refractivity contribution >= 4 is 13.7 Å². The van der Waals surface area contributed by atoms with Crippen LogP contribution in [-0.4, -0.2) is 47.8 Å². The quantitative estimate of drug-likeness (QED) is 0.0308. The number of phosphoric ester groups is 1. The van der Waals surface area contributed by atoms with Crippen LogP contribution in [0.3, 0.4) is 0 Å². The van der Waals surface area contributed by atoms with E-state index >= 15 is 0 Å². The highest BCUT2D eigenvalue weighted by Gasteiger charge is 2.27. The molecule has 0 aliphatic carbocycles. The summed E-state index contributed by atoms with van der Waals surface area (Å²) in [6.07, 6.45) is 41.1. The molecule has 0 bridgehead atoms. The number of carbonyl (C=O) groups excluding carboxylic acids is 1. The van der Waals surface area contributed by atoms with Crippen LogP contribution in [0.5, 0.6) is 0 Å². The minimum absolute atomic E-state index is 0.0724. The summed E-state index contributed by atoms with van der Waals surface area (Å²) in [6.45, 7) is 3.99. The van der Waals surface area contributed by atoms with Gasteiger partial charge in [0.1, 0.15) is 0 Å². The molecule has 0 heterocycles. The van der Waals surface area contributed by atoms with Crippen LogP contribution in [0.2, 0.25) is 0 Å². The van der Waals surface area contributed by atoms with Crippen molar-refractivity contribution in [2.24, 2.45) is 5.73 Å². The van der Waals surface area contributed by atoms with Gasteiger partial charge in [-0.15, -0.1) is 0 Å². The summed E-state index contributed by atoms with van der Waals surface area (Å²) in [7, 11) is -4.33. The summed E-state index contributed by atoms with van der Waals surface area (Å²) in [5, 5.41) is 13.6. The smallest absolute Gasteiger partial charge is 0.391 e. The van der Waals surface area contributed by atoms with Gasteiger partial charge in [0, 0.05) is 13.0 Å². The largest absolute Gasteiger partial charge is 0.472 e. The molecule has 0 fully saturated rings. The monoisotopic (exact) mass is 680 g/mol. The maximum atomic E-state index is 12.6. The number of hydrogen-bond donors (Lipinski definition) is 4. The van der Waals surface area contributed by atoms with Crippen LogP contribution in [-0.2, 0) is 18.4 Å². The molecule has 8 nitrogen and oxygen atoms in total. The van der Waals surface area contributed by atoms with Crippen LogP contribution in [0.25, 0.3) is 0 Å². The van der Waals surface area contributed by atoms with Gasteiger partial charge < -0.3 is 21.1 Å². The Balaban J connectivity index is 4.45. The molecule has 3 atom stereocenters. The van der Waals surface area contributed by atoms with Gasteiger partial charge in [-0.25, -0.2) is 4.57 Å². The highest BCUT2D eigenvalue weighted by Crippen LogP contribution is 2.43. The zero-order chi connectivity index (χ0) is 34.7. The van der Waals surface area contributed by atoms with Gasteiger partial charge >= 0.3 is 7.82 Å². The summed E-state index contributed by atoms with van der Waals surface area (Å²) < 4.78 is 22.0. The number of aliphatic hydroxyl groups is 1. The second kappa shape index (κ2) is 34.1. The number of phosphoric acid groups is 1. The molecule has 0 aliphatic heterocycles. The lowest BCUT2D eigenvalue weighted by Crippen LogP contribution is -2.46. The number of hydrogen-bond acceptors (Lipinski definition) is 6. The molecule has 0 aliphatic rings. The van der Waals surface area contributed by atoms with Crippen LogP contribution >= 0.6 is 7.82 Å². The minimum Gasteiger partial charge on any atom is -0.391 e. The van der Waals surface area contributed by atoms with Crippen LogP contribution < -0.4 is 11.1 Å². The molecule has 0 aromatic carbocycles. The number of aliphatic hydroxyl groups excluding tert-OH is 1. The van der Waals surface area contributed by atoms with Crippen LogP contribution in [0.15, 0.2) is 60.8 Å². The molecule has 272 valence electrons. The average molecular weight is 681 g/mol. The van der Waals surface area contributed by atoms with Gasteiger partial charge in [0.15, 0.2) is 0 Å². The van der Waals surface area contributed by atoms with Crippen molar-refractivity contribution in [1.29, 1.82) is 0 Å². The Morgan fingerprint density at radius 3 is 1.62 bits per heavy atom. The number of carbonyl (C=O) groups is 1. The number of nitrogens with one attached hydrogen (secondary N) is 1. The maximum Gasteiger partial charge on any atom is 0.472 e. The second-order valence-electron chi connectivity index (χ2n) is 12.1. The zero-order valence-electron chi connectivity index (χ0n) is 29.7. The van der Waals surface area contributed by atoms with Crippen LogP contribution in [0.4, 0.5) is 0 Å². The van der Waals surface area contributed by atoms with Gasteiger partial charge in [0.05, 0.1) is 25.4 Å². The predicted molar refractivity (Wildman–Crippen MR) is 198 cm³/mol. The molecular formula is C38H69N2O6P. The Hall–Kier alpha value is -1.80. The molecule has 0 saturated heterocycles. The molecule has 1 amide bonds. The lowest BCUT2D eigenvalue weighted by molar-refractivity contribution is -0.122. The fourth-order valence-electron chi connectivity index (χ4n) is 4.91. The first-order chi connectivity index (χ1) is 22.9. The molecule has 5 N–H and O–H groups in total. The maximum absolute atomic E-state index is 12.6. The first-order valence-corrected chi connectivity index (χ1v) is 19.9. The zero-order valence-corrected chi connectivity index (χ0v) is 30.6. The third-order valence-corrected chi connectivity index (χ3v) is 8.65. The van der Waals surface area contributed by atoms with Crippen molar-refractivity contribution in [2.45, 2.75) is 154 Å². The van der Waals surface area contributed by atoms with Gasteiger partial charge in [0.2, 0.25) is 5.91 Å². The summed E-state index contributed by atoms with van der Waals surface area (Å²) in [5.41, 5.74) is 5.35. The fourth-order valence-corrected chi connectivity index (χ4v) is 5.67. The SMILES string of the molecule is CC/C=C\C/C=C\C/C=C\C/C=C\C/C=C\CC(=O)NC(COP(=O)(O)OCCN)C(O)CCCCCCCCCCCCCCC. The molecule has 0 spiro atoms. The number of nitrogens with two attached hydrogens (primary N) is 1. The van der Waals surface area contributed by atoms with E-state index in [0.717, 1.165) is 44.9 Å². The fraction of sp³-hybridized carbons (Fsp3) is 0.711. The van der Waals surface area contributed by atoms with Gasteiger partial charge in [-0.05, 0) is 38.5 Å². The van der Waals surface area contributed by atoms with Gasteiger partial charge in [0.25, 0.3) is 0 Å². The average Bonchev–Trinajstić information content (AvgIpc) is 3.05. The third kappa shape index (κ3) is 32.5. The molecule has 0 aromatic heterocycles. The summed E-state index contributed by atoms with van der Waals surface area (Å²) in [5.74, 6) is -0.292. The van der Waals surface area contributed by atoms with E-state index in [2.05, 4.69) is 67.8 Å². The topological polar surface area (TPSA) is 131 Å². The van der Waals surface area contributed by atoms with Crippen molar-refractivity contribution in [2.75, 3.05) is 19.8 Å². The molecular weight excluding hydrogens is 611 g/mol. The lowest BCUT2D eigenvalue weighted by atomic mass is 10.0. The molecule has 3 unspecified atom stereocenters. The standard InChI is InChI=1S/C38H69N2O6P/c1-3-5-7-9-11-13-15-17-18-20-22-24-26-28-30-32-38(42)40-36(35-46-47(43,44)45-34-33-39)37(41)31-29-27-25-23-21-19-16-14-12-10-8-6-4-2/h5,7,11,13,17-18,22,24,28,30,36-37,41H,3-4,6,8-10,12,14-16,19-21,23,25-27,29,31-35,39H2,1-2H3,(H,40,42)(H,43,44)/b7-5-,13-11-,18-17-,24-22-,30-28-. The Bertz CT molecular complexity index is 918. The van der Waals surface area contributed by atoms with Crippen molar-refractivity contribution in [1.82, 2.24) is 5.32 Å². The Morgan fingerprint density at radius 1 is 0.702 bits per heavy atom. The highest BCUT2D eigenvalue weighted by molar-refractivity contribution is 7.47. The number of rotatable bonds is 33. The van der Waals surface area contributed by atoms with Gasteiger partial charge in [-0.2, -0.15) is 0 Å². The van der Waals surface area contributed by atoms with Crippen molar-refractivity contribution in [3.8, 4) is 0 Å². The predicted octanol–water partition coefficient (Wildman–Crippen LogP) is 9.55. The van der Waals surface area contributed by atoms with Crippen LogP contribution in [0.1, 0.15) is 142 Å². The van der Waals surface area contributed by atoms with E-state index in [9.17, 15) is 19.4 Å². The van der Waals surface area contributed by atoms with E-state index in [1.165, 1.54) is 64.2 Å². The summed E-state index contributed by atoms with van der Waals surface area (Å²) >= 11 is 0. The van der Waals surface area contributed by atoms with Crippen molar-refractivity contribution < 1.29 is 28.4 Å². The van der Waals surface area contributed by atoms with Gasteiger partial charge in [-0.1, -0.05) is 158 Å². The van der Waals surface area contributed by atoms with E-state index < -0.39 is 20.0 Å². The van der Waals surface area contributed by atoms with E-state index in [-0.39, 0.29) is 32.1 Å². The van der Waals surface area contributed by atoms with Crippen molar-refractivity contribution in [3.05, 3.63) is 60.8 Å². The lowest BCUT2D eigenvalue weighted by Gasteiger charge is -2.25. The number of amides is 1. The number of allylic oxidation sites excluding steroid dienone is 9. The molecule has 0 radical (unpaired) electrons. The Labute approximate surface area is 287 Å². The molecule has 9 heteroatoms. The molecule has 0 aromatic rings. The number of unbranched alkanes of at least 4 members (excludes halogenated alkanes) is 12. The summed E-state index contributed by atoms with van der Waals surface area (Å²) in [6, 6.07) is -0.829. The van der Waals surface area contributed by atoms with E-state index in [0.29, 0.717) is 12.8 Å². The highest BCUT2D eigenvalue weighted by atomic mass is 31.2. The van der Waals surface area contributed by atoms with Crippen molar-refractivity contribution in [3.63, 3.8) is 0 Å². The Morgan fingerprint density at radius 2 is 1.15 bits per heavy atom. The van der Waals surface area contributed by atoms with E-state index in [1.54, 1.807) is 6.08 Å². The molecule has 0 saturated carbocycles. The molecule has 0 rings (SSSR count). The second-order valence-corrected chi connectivity index (χ2v) is 13.5. The van der Waals surface area contributed by atoms with E-state index in [1.807, 2.05) is 6.08 Å². The Kier molecular flexibility index (Phi) is 32.8. The van der Waals surface area contributed by atoms with E-state index in [4.69, 9.17) is 14.8 Å². The first-order valence-electron chi connectivity index (χ1n) is 18.4. The van der Waals surface area contributed by atoms with Gasteiger partial charge in [-0.3, -0.25) is 13.8 Å². The first kappa shape index (κ1) is 45.2. The summed E-state index contributed by atoms with van der Waals surface area (Å²) in [4.78, 5) is 22.5. The normalized spacial score (nSPS) is 15.1. The van der Waals surface area contributed by atoms with Crippen LogP contribution in [0, 0.1) is 0 Å².